The van der Waals surface area contributed by atoms with Crippen LogP contribution in [0.4, 0.5) is 0 Å². The predicted octanol–water partition coefficient (Wildman–Crippen LogP) is 2.76. The molecule has 1 aromatic rings. The summed E-state index contributed by atoms with van der Waals surface area (Å²) >= 11 is 5.86. The highest BCUT2D eigenvalue weighted by Gasteiger charge is 2.23. The lowest BCUT2D eigenvalue weighted by atomic mass is 9.96. The van der Waals surface area contributed by atoms with Gasteiger partial charge in [-0.15, -0.1) is 12.4 Å². The van der Waals surface area contributed by atoms with Gasteiger partial charge in [0.2, 0.25) is 5.91 Å². The molecule has 20 heavy (non-hydrogen) atoms. The lowest BCUT2D eigenvalue weighted by Crippen LogP contribution is -2.39. The standard InChI is InChI=1S/C15H21ClN2O.ClH/c1-18(15(19)13-6-9-17-10-7-13)11-8-12-2-4-14(16)5-3-12;/h2-5,13,17H,6-11H2,1H3;1H. The van der Waals surface area contributed by atoms with Crippen LogP contribution in [0.2, 0.25) is 5.02 Å². The Morgan fingerprint density at radius 1 is 1.30 bits per heavy atom. The molecule has 0 saturated carbocycles. The number of nitrogens with zero attached hydrogens (tertiary/aromatic N) is 1. The monoisotopic (exact) mass is 316 g/mol. The molecule has 1 heterocycles. The van der Waals surface area contributed by atoms with Crippen molar-refractivity contribution < 1.29 is 4.79 Å². The minimum absolute atomic E-state index is 0. The average Bonchev–Trinajstić information content (AvgIpc) is 2.46. The van der Waals surface area contributed by atoms with Crippen LogP contribution in [0.3, 0.4) is 0 Å². The zero-order valence-electron chi connectivity index (χ0n) is 11.8. The Balaban J connectivity index is 0.00000200. The van der Waals surface area contributed by atoms with Crippen LogP contribution in [0.15, 0.2) is 24.3 Å². The van der Waals surface area contributed by atoms with Gasteiger partial charge in [0.05, 0.1) is 0 Å². The van der Waals surface area contributed by atoms with Gasteiger partial charge in [0.1, 0.15) is 0 Å². The van der Waals surface area contributed by atoms with Gasteiger partial charge in [-0.05, 0) is 50.0 Å². The van der Waals surface area contributed by atoms with Crippen LogP contribution in [0.25, 0.3) is 0 Å². The summed E-state index contributed by atoms with van der Waals surface area (Å²) in [6.45, 7) is 2.69. The summed E-state index contributed by atoms with van der Waals surface area (Å²) in [4.78, 5) is 14.1. The van der Waals surface area contributed by atoms with E-state index in [0.29, 0.717) is 0 Å². The maximum Gasteiger partial charge on any atom is 0.225 e. The molecule has 1 fully saturated rings. The van der Waals surface area contributed by atoms with E-state index in [4.69, 9.17) is 11.6 Å². The van der Waals surface area contributed by atoms with E-state index in [2.05, 4.69) is 5.32 Å². The van der Waals surface area contributed by atoms with E-state index in [0.717, 1.165) is 43.9 Å². The van der Waals surface area contributed by atoms with E-state index >= 15 is 0 Å². The van der Waals surface area contributed by atoms with Crippen molar-refractivity contribution in [1.82, 2.24) is 10.2 Å². The third-order valence-electron chi connectivity index (χ3n) is 3.71. The van der Waals surface area contributed by atoms with Crippen molar-refractivity contribution in [3.05, 3.63) is 34.9 Å². The van der Waals surface area contributed by atoms with Gasteiger partial charge in [-0.25, -0.2) is 0 Å². The minimum atomic E-state index is 0. The number of carbonyl (C=O) groups excluding carboxylic acids is 1. The van der Waals surface area contributed by atoms with Crippen molar-refractivity contribution in [2.75, 3.05) is 26.7 Å². The summed E-state index contributed by atoms with van der Waals surface area (Å²) < 4.78 is 0. The molecule has 5 heteroatoms. The molecule has 1 aliphatic rings. The van der Waals surface area contributed by atoms with E-state index < -0.39 is 0 Å². The van der Waals surface area contributed by atoms with Gasteiger partial charge in [-0.2, -0.15) is 0 Å². The molecule has 1 saturated heterocycles. The number of hydrogen-bond donors (Lipinski definition) is 1. The van der Waals surface area contributed by atoms with Gasteiger partial charge < -0.3 is 10.2 Å². The van der Waals surface area contributed by atoms with Crippen molar-refractivity contribution in [2.45, 2.75) is 19.3 Å². The largest absolute Gasteiger partial charge is 0.345 e. The Kier molecular flexibility index (Phi) is 7.35. The molecule has 0 bridgehead atoms. The first-order valence-corrected chi connectivity index (χ1v) is 7.25. The summed E-state index contributed by atoms with van der Waals surface area (Å²) in [6.07, 6.45) is 2.80. The van der Waals surface area contributed by atoms with Crippen LogP contribution in [0, 0.1) is 5.92 Å². The molecule has 2 rings (SSSR count). The summed E-state index contributed by atoms with van der Waals surface area (Å²) in [5.74, 6) is 0.493. The molecule has 1 amide bonds. The number of hydrogen-bond acceptors (Lipinski definition) is 2. The van der Waals surface area contributed by atoms with Crippen LogP contribution in [0.1, 0.15) is 18.4 Å². The van der Waals surface area contributed by atoms with Crippen molar-refractivity contribution >= 4 is 29.9 Å². The molecule has 0 radical (unpaired) electrons. The van der Waals surface area contributed by atoms with Crippen LogP contribution in [0.5, 0.6) is 0 Å². The third-order valence-corrected chi connectivity index (χ3v) is 3.97. The SMILES string of the molecule is CN(CCc1ccc(Cl)cc1)C(=O)C1CCNCC1.Cl. The van der Waals surface area contributed by atoms with Gasteiger partial charge in [0, 0.05) is 24.5 Å². The van der Waals surface area contributed by atoms with E-state index in [1.165, 1.54) is 5.56 Å². The van der Waals surface area contributed by atoms with Gasteiger partial charge in [0.25, 0.3) is 0 Å². The molecular weight excluding hydrogens is 295 g/mol. The normalized spacial score (nSPS) is 15.5. The Bertz CT molecular complexity index is 416. The smallest absolute Gasteiger partial charge is 0.225 e. The maximum atomic E-state index is 12.3. The van der Waals surface area contributed by atoms with Crippen molar-refractivity contribution in [1.29, 1.82) is 0 Å². The third kappa shape index (κ3) is 4.97. The van der Waals surface area contributed by atoms with Gasteiger partial charge in [0.15, 0.2) is 0 Å². The molecule has 0 atom stereocenters. The zero-order chi connectivity index (χ0) is 13.7. The molecule has 1 aromatic carbocycles. The second kappa shape index (κ2) is 8.50. The van der Waals surface area contributed by atoms with E-state index in [1.807, 2.05) is 36.2 Å². The lowest BCUT2D eigenvalue weighted by Gasteiger charge is -2.27. The molecule has 3 nitrogen and oxygen atoms in total. The molecule has 0 aliphatic carbocycles. The van der Waals surface area contributed by atoms with Crippen LogP contribution in [-0.2, 0) is 11.2 Å². The van der Waals surface area contributed by atoms with Crippen LogP contribution < -0.4 is 5.32 Å². The summed E-state index contributed by atoms with van der Waals surface area (Å²) in [7, 11) is 1.90. The fraction of sp³-hybridized carbons (Fsp3) is 0.533. The van der Waals surface area contributed by atoms with Gasteiger partial charge in [-0.1, -0.05) is 23.7 Å². The number of piperidine rings is 1. The number of amides is 1. The second-order valence-corrected chi connectivity index (χ2v) is 5.60. The fourth-order valence-electron chi connectivity index (χ4n) is 2.44. The lowest BCUT2D eigenvalue weighted by molar-refractivity contribution is -0.134. The summed E-state index contributed by atoms with van der Waals surface area (Å²) in [6, 6.07) is 7.83. The predicted molar refractivity (Wildman–Crippen MR) is 85.6 cm³/mol. The Morgan fingerprint density at radius 2 is 1.90 bits per heavy atom. The van der Waals surface area contributed by atoms with Crippen molar-refractivity contribution in [3.63, 3.8) is 0 Å². The van der Waals surface area contributed by atoms with E-state index in [1.54, 1.807) is 0 Å². The molecule has 112 valence electrons. The van der Waals surface area contributed by atoms with Crippen molar-refractivity contribution in [3.8, 4) is 0 Å². The number of nitrogens with one attached hydrogen (secondary N) is 1. The van der Waals surface area contributed by atoms with Crippen LogP contribution >= 0.6 is 24.0 Å². The first-order valence-electron chi connectivity index (χ1n) is 6.87. The minimum Gasteiger partial charge on any atom is -0.345 e. The first kappa shape index (κ1) is 17.3. The highest BCUT2D eigenvalue weighted by molar-refractivity contribution is 6.30. The first-order chi connectivity index (χ1) is 9.16. The number of carbonyl (C=O) groups is 1. The Labute approximate surface area is 132 Å². The molecule has 0 unspecified atom stereocenters. The Morgan fingerprint density at radius 3 is 2.50 bits per heavy atom. The van der Waals surface area contributed by atoms with Gasteiger partial charge in [-0.3, -0.25) is 4.79 Å². The Hall–Kier alpha value is -0.770. The van der Waals surface area contributed by atoms with E-state index in [9.17, 15) is 4.79 Å². The summed E-state index contributed by atoms with van der Waals surface area (Å²) in [5.41, 5.74) is 1.22. The van der Waals surface area contributed by atoms with Crippen LogP contribution in [-0.4, -0.2) is 37.5 Å². The zero-order valence-corrected chi connectivity index (χ0v) is 13.3. The van der Waals surface area contributed by atoms with Crippen molar-refractivity contribution in [2.24, 2.45) is 5.92 Å². The molecular formula is C15H22Cl2N2O. The summed E-state index contributed by atoms with van der Waals surface area (Å²) in [5, 5.41) is 4.04. The quantitative estimate of drug-likeness (QED) is 0.926. The highest BCUT2D eigenvalue weighted by Crippen LogP contribution is 2.15. The van der Waals surface area contributed by atoms with E-state index in [-0.39, 0.29) is 24.2 Å². The topological polar surface area (TPSA) is 32.3 Å². The number of benzene rings is 1. The number of rotatable bonds is 4. The number of halogens is 2. The molecule has 1 aliphatic heterocycles. The average molecular weight is 317 g/mol. The maximum absolute atomic E-state index is 12.3. The molecule has 0 aromatic heterocycles. The fourth-order valence-corrected chi connectivity index (χ4v) is 2.56. The number of likely N-dealkylation sites (N-methyl/N-ethyl adjacent to an activating group) is 1. The second-order valence-electron chi connectivity index (χ2n) is 5.16. The molecule has 1 N–H and O–H groups in total. The van der Waals surface area contributed by atoms with Gasteiger partial charge >= 0.3 is 0 Å². The highest BCUT2D eigenvalue weighted by atomic mass is 35.5. The molecule has 0 spiro atoms.